The molecule has 1 aromatic heterocycles. The summed E-state index contributed by atoms with van der Waals surface area (Å²) in [5, 5.41) is 0. The fourth-order valence-electron chi connectivity index (χ4n) is 1.28. The van der Waals surface area contributed by atoms with Gasteiger partial charge in [0.05, 0.1) is 25.1 Å². The van der Waals surface area contributed by atoms with Crippen LogP contribution in [0.15, 0.2) is 12.3 Å². The Kier molecular flexibility index (Phi) is 5.93. The maximum absolute atomic E-state index is 11.7. The van der Waals surface area contributed by atoms with Gasteiger partial charge in [0.25, 0.3) is 0 Å². The van der Waals surface area contributed by atoms with E-state index in [2.05, 4.69) is 4.98 Å². The summed E-state index contributed by atoms with van der Waals surface area (Å²) in [5.74, 6) is -0.286. The predicted molar refractivity (Wildman–Crippen MR) is 66.6 cm³/mol. The van der Waals surface area contributed by atoms with Crippen molar-refractivity contribution < 1.29 is 19.0 Å². The van der Waals surface area contributed by atoms with Crippen LogP contribution in [-0.2, 0) is 9.47 Å². The molecule has 0 atom stereocenters. The van der Waals surface area contributed by atoms with Crippen LogP contribution in [0, 0.1) is 0 Å². The van der Waals surface area contributed by atoms with Gasteiger partial charge in [0.1, 0.15) is 12.2 Å². The van der Waals surface area contributed by atoms with Crippen molar-refractivity contribution in [3.8, 4) is 5.88 Å². The maximum Gasteiger partial charge on any atom is 0.343 e. The molecule has 0 aliphatic carbocycles. The molecule has 0 spiro atoms. The topological polar surface area (TPSA) is 83.7 Å². The first kappa shape index (κ1) is 14.2. The highest BCUT2D eigenvalue weighted by Gasteiger charge is 2.15. The number of rotatable bonds is 7. The molecular formula is C12H18N2O4. The van der Waals surface area contributed by atoms with Gasteiger partial charge in [0, 0.05) is 6.61 Å². The van der Waals surface area contributed by atoms with Crippen molar-refractivity contribution in [1.82, 2.24) is 4.98 Å². The third-order valence-corrected chi connectivity index (χ3v) is 2.04. The molecule has 1 heterocycles. The second-order valence-electron chi connectivity index (χ2n) is 3.39. The zero-order valence-electron chi connectivity index (χ0n) is 10.6. The van der Waals surface area contributed by atoms with Gasteiger partial charge in [0.15, 0.2) is 0 Å². The van der Waals surface area contributed by atoms with E-state index in [4.69, 9.17) is 19.9 Å². The number of esters is 1. The smallest absolute Gasteiger partial charge is 0.343 e. The van der Waals surface area contributed by atoms with Gasteiger partial charge in [-0.05, 0) is 19.9 Å². The van der Waals surface area contributed by atoms with Gasteiger partial charge in [0.2, 0.25) is 5.88 Å². The molecule has 0 bridgehead atoms. The van der Waals surface area contributed by atoms with Gasteiger partial charge in [-0.2, -0.15) is 0 Å². The summed E-state index contributed by atoms with van der Waals surface area (Å²) in [4.78, 5) is 15.7. The van der Waals surface area contributed by atoms with Gasteiger partial charge in [-0.3, -0.25) is 0 Å². The van der Waals surface area contributed by atoms with Crippen LogP contribution in [0.3, 0.4) is 0 Å². The lowest BCUT2D eigenvalue weighted by Gasteiger charge is -2.10. The second-order valence-corrected chi connectivity index (χ2v) is 3.39. The van der Waals surface area contributed by atoms with Crippen molar-refractivity contribution in [2.45, 2.75) is 13.8 Å². The molecule has 1 rings (SSSR count). The summed E-state index contributed by atoms with van der Waals surface area (Å²) < 4.78 is 15.4. The monoisotopic (exact) mass is 254 g/mol. The lowest BCUT2D eigenvalue weighted by molar-refractivity contribution is 0.0516. The van der Waals surface area contributed by atoms with E-state index in [1.807, 2.05) is 6.92 Å². The van der Waals surface area contributed by atoms with Crippen LogP contribution >= 0.6 is 0 Å². The summed E-state index contributed by atoms with van der Waals surface area (Å²) in [6, 6.07) is 1.49. The minimum absolute atomic E-state index is 0.211. The summed E-state index contributed by atoms with van der Waals surface area (Å²) >= 11 is 0. The van der Waals surface area contributed by atoms with E-state index < -0.39 is 5.97 Å². The van der Waals surface area contributed by atoms with E-state index in [9.17, 15) is 4.79 Å². The van der Waals surface area contributed by atoms with E-state index in [0.29, 0.717) is 25.5 Å². The molecule has 0 amide bonds. The van der Waals surface area contributed by atoms with E-state index in [0.717, 1.165) is 0 Å². The number of ether oxygens (including phenoxy) is 3. The third-order valence-electron chi connectivity index (χ3n) is 2.04. The Morgan fingerprint density at radius 1 is 1.33 bits per heavy atom. The largest absolute Gasteiger partial charge is 0.475 e. The Bertz CT molecular complexity index is 396. The normalized spacial score (nSPS) is 10.1. The Morgan fingerprint density at radius 3 is 2.78 bits per heavy atom. The predicted octanol–water partition coefficient (Wildman–Crippen LogP) is 1.26. The fraction of sp³-hybridized carbons (Fsp3) is 0.500. The summed E-state index contributed by atoms with van der Waals surface area (Å²) in [7, 11) is 0. The summed E-state index contributed by atoms with van der Waals surface area (Å²) in [6.07, 6.45) is 1.43. The van der Waals surface area contributed by atoms with E-state index >= 15 is 0 Å². The second kappa shape index (κ2) is 7.50. The average Bonchev–Trinajstić information content (AvgIpc) is 2.36. The van der Waals surface area contributed by atoms with Gasteiger partial charge in [-0.1, -0.05) is 0 Å². The zero-order valence-corrected chi connectivity index (χ0v) is 10.6. The zero-order chi connectivity index (χ0) is 13.4. The first-order valence-electron chi connectivity index (χ1n) is 5.82. The van der Waals surface area contributed by atoms with Crippen LogP contribution in [0.2, 0.25) is 0 Å². The van der Waals surface area contributed by atoms with Crippen LogP contribution < -0.4 is 10.5 Å². The Balaban J connectivity index is 2.73. The molecule has 18 heavy (non-hydrogen) atoms. The molecule has 6 heteroatoms. The van der Waals surface area contributed by atoms with Crippen LogP contribution in [-0.4, -0.2) is 37.4 Å². The minimum Gasteiger partial charge on any atom is -0.475 e. The van der Waals surface area contributed by atoms with Gasteiger partial charge >= 0.3 is 5.97 Å². The van der Waals surface area contributed by atoms with E-state index in [1.165, 1.54) is 12.3 Å². The van der Waals surface area contributed by atoms with Crippen LogP contribution in [0.4, 0.5) is 5.69 Å². The minimum atomic E-state index is -0.497. The number of hydrogen-bond donors (Lipinski definition) is 1. The number of carbonyl (C=O) groups is 1. The van der Waals surface area contributed by atoms with Gasteiger partial charge in [-0.25, -0.2) is 9.78 Å². The van der Waals surface area contributed by atoms with Crippen LogP contribution in [0.25, 0.3) is 0 Å². The fourth-order valence-corrected chi connectivity index (χ4v) is 1.28. The molecule has 0 aliphatic heterocycles. The Hall–Kier alpha value is -1.82. The molecule has 0 radical (unpaired) electrons. The van der Waals surface area contributed by atoms with Crippen LogP contribution in [0.1, 0.15) is 24.2 Å². The molecule has 0 fully saturated rings. The summed E-state index contributed by atoms with van der Waals surface area (Å²) in [6.45, 7) is 5.27. The Labute approximate surface area is 106 Å². The molecule has 0 aliphatic rings. The first-order chi connectivity index (χ1) is 8.69. The SMILES string of the molecule is CCOCCOc1ncc(N)cc1C(=O)OCC. The summed E-state index contributed by atoms with van der Waals surface area (Å²) in [5.41, 5.74) is 6.20. The number of aromatic nitrogens is 1. The Morgan fingerprint density at radius 2 is 2.11 bits per heavy atom. The maximum atomic E-state index is 11.7. The van der Waals surface area contributed by atoms with Crippen molar-refractivity contribution in [2.24, 2.45) is 0 Å². The van der Waals surface area contributed by atoms with E-state index in [1.54, 1.807) is 6.92 Å². The number of nitrogens with two attached hydrogens (primary N) is 1. The lowest BCUT2D eigenvalue weighted by atomic mass is 10.2. The number of nitrogen functional groups attached to an aromatic ring is 1. The quantitative estimate of drug-likeness (QED) is 0.582. The van der Waals surface area contributed by atoms with Crippen molar-refractivity contribution in [3.63, 3.8) is 0 Å². The van der Waals surface area contributed by atoms with E-state index in [-0.39, 0.29) is 18.1 Å². The number of hydrogen-bond acceptors (Lipinski definition) is 6. The van der Waals surface area contributed by atoms with Gasteiger partial charge in [-0.15, -0.1) is 0 Å². The molecule has 6 nitrogen and oxygen atoms in total. The highest BCUT2D eigenvalue weighted by atomic mass is 16.5. The molecule has 0 saturated heterocycles. The van der Waals surface area contributed by atoms with Crippen LogP contribution in [0.5, 0.6) is 5.88 Å². The third kappa shape index (κ3) is 4.21. The molecule has 1 aromatic rings. The van der Waals surface area contributed by atoms with Crippen molar-refractivity contribution >= 4 is 11.7 Å². The molecule has 0 aromatic carbocycles. The highest BCUT2D eigenvalue weighted by molar-refractivity contribution is 5.92. The number of nitrogens with zero attached hydrogens (tertiary/aromatic N) is 1. The highest BCUT2D eigenvalue weighted by Crippen LogP contribution is 2.19. The van der Waals surface area contributed by atoms with Crippen molar-refractivity contribution in [1.29, 1.82) is 0 Å². The standard InChI is InChI=1S/C12H18N2O4/c1-3-16-5-6-18-11-10(12(15)17-4-2)7-9(13)8-14-11/h7-8H,3-6,13H2,1-2H3. The molecule has 0 unspecified atom stereocenters. The number of carbonyl (C=O) groups excluding carboxylic acids is 1. The number of pyridine rings is 1. The molecule has 2 N–H and O–H groups in total. The molecule has 100 valence electrons. The molecular weight excluding hydrogens is 236 g/mol. The number of anilines is 1. The first-order valence-corrected chi connectivity index (χ1v) is 5.82. The average molecular weight is 254 g/mol. The molecule has 0 saturated carbocycles. The van der Waals surface area contributed by atoms with Crippen molar-refractivity contribution in [3.05, 3.63) is 17.8 Å². The lowest BCUT2D eigenvalue weighted by Crippen LogP contribution is -2.13. The van der Waals surface area contributed by atoms with Crippen molar-refractivity contribution in [2.75, 3.05) is 32.2 Å². The van der Waals surface area contributed by atoms with Gasteiger partial charge < -0.3 is 19.9 Å².